The third kappa shape index (κ3) is 4.00. The van der Waals surface area contributed by atoms with E-state index >= 15 is 0 Å². The van der Waals surface area contributed by atoms with Gasteiger partial charge in [-0.25, -0.2) is 4.68 Å². The Morgan fingerprint density at radius 1 is 1.30 bits per heavy atom. The van der Waals surface area contributed by atoms with Crippen LogP contribution in [0.2, 0.25) is 0 Å². The molecule has 2 fully saturated rings. The second-order valence-corrected chi connectivity index (χ2v) is 7.07. The second-order valence-electron chi connectivity index (χ2n) is 7.07. The first-order valence-electron chi connectivity index (χ1n) is 9.51. The van der Waals surface area contributed by atoms with Gasteiger partial charge in [-0.15, -0.1) is 5.10 Å². The Kier molecular flexibility index (Phi) is 5.15. The van der Waals surface area contributed by atoms with Crippen LogP contribution < -0.4 is 15.5 Å². The van der Waals surface area contributed by atoms with E-state index in [1.165, 1.54) is 0 Å². The van der Waals surface area contributed by atoms with Crippen LogP contribution in [0, 0.1) is 0 Å². The van der Waals surface area contributed by atoms with Crippen molar-refractivity contribution in [3.05, 3.63) is 41.7 Å². The first-order chi connectivity index (χ1) is 13.2. The van der Waals surface area contributed by atoms with Crippen molar-refractivity contribution in [1.82, 2.24) is 25.6 Å². The number of carbonyl (C=O) groups is 2. The summed E-state index contributed by atoms with van der Waals surface area (Å²) < 4.78 is 1.80. The minimum atomic E-state index is -0.238. The minimum Gasteiger partial charge on any atom is -0.347 e. The zero-order valence-corrected chi connectivity index (χ0v) is 15.2. The summed E-state index contributed by atoms with van der Waals surface area (Å²) in [6.45, 7) is 3.06. The van der Waals surface area contributed by atoms with Gasteiger partial charge in [0, 0.05) is 25.2 Å². The molecule has 0 radical (unpaired) electrons. The van der Waals surface area contributed by atoms with Crippen molar-refractivity contribution in [2.75, 3.05) is 24.5 Å². The average Bonchev–Trinajstić information content (AvgIpc) is 3.36. The van der Waals surface area contributed by atoms with E-state index in [1.54, 1.807) is 15.8 Å². The Hall–Kier alpha value is -2.74. The standard InChI is InChI=1S/C19H24N6O2/c26-18-5-2-10-24(18)16-4-1-3-14(11-16)12-21-19(27)17-13-25(23-22-17)15-6-8-20-9-7-15/h1,3-4,11,13,15,20H,2,5-10,12H2,(H,21,27). The first-order valence-corrected chi connectivity index (χ1v) is 9.51. The third-order valence-corrected chi connectivity index (χ3v) is 5.17. The Balaban J connectivity index is 1.36. The van der Waals surface area contributed by atoms with Crippen molar-refractivity contribution < 1.29 is 9.59 Å². The third-order valence-electron chi connectivity index (χ3n) is 5.17. The molecule has 27 heavy (non-hydrogen) atoms. The van der Waals surface area contributed by atoms with E-state index in [2.05, 4.69) is 20.9 Å². The number of aromatic nitrogens is 3. The van der Waals surface area contributed by atoms with Crippen LogP contribution in [-0.2, 0) is 11.3 Å². The maximum atomic E-state index is 12.4. The normalized spacial score (nSPS) is 18.1. The zero-order chi connectivity index (χ0) is 18.6. The molecule has 4 rings (SSSR count). The Morgan fingerprint density at radius 3 is 2.93 bits per heavy atom. The van der Waals surface area contributed by atoms with E-state index in [0.29, 0.717) is 24.7 Å². The molecule has 2 aliphatic rings. The van der Waals surface area contributed by atoms with E-state index in [4.69, 9.17) is 0 Å². The molecular weight excluding hydrogens is 344 g/mol. The Bertz CT molecular complexity index is 827. The van der Waals surface area contributed by atoms with Crippen molar-refractivity contribution in [2.45, 2.75) is 38.3 Å². The van der Waals surface area contributed by atoms with Gasteiger partial charge in [0.25, 0.3) is 5.91 Å². The number of nitrogens with one attached hydrogen (secondary N) is 2. The molecule has 2 N–H and O–H groups in total. The van der Waals surface area contributed by atoms with Gasteiger partial charge in [0.05, 0.1) is 12.2 Å². The highest BCUT2D eigenvalue weighted by molar-refractivity contribution is 5.95. The van der Waals surface area contributed by atoms with Crippen LogP contribution in [0.5, 0.6) is 0 Å². The number of benzene rings is 1. The smallest absolute Gasteiger partial charge is 0.273 e. The molecule has 0 bridgehead atoms. The van der Waals surface area contributed by atoms with Gasteiger partial charge in [-0.3, -0.25) is 9.59 Å². The van der Waals surface area contributed by atoms with Crippen LogP contribution in [0.15, 0.2) is 30.5 Å². The summed E-state index contributed by atoms with van der Waals surface area (Å²) in [6, 6.07) is 8.04. The van der Waals surface area contributed by atoms with E-state index in [9.17, 15) is 9.59 Å². The molecule has 2 aromatic rings. The molecule has 3 heterocycles. The fourth-order valence-corrected chi connectivity index (χ4v) is 3.66. The highest BCUT2D eigenvalue weighted by atomic mass is 16.2. The summed E-state index contributed by atoms with van der Waals surface area (Å²) in [4.78, 5) is 26.1. The molecule has 0 spiro atoms. The molecule has 1 aromatic carbocycles. The molecule has 142 valence electrons. The van der Waals surface area contributed by atoms with Gasteiger partial charge in [0.2, 0.25) is 5.91 Å². The van der Waals surface area contributed by atoms with Crippen molar-refractivity contribution >= 4 is 17.5 Å². The molecule has 0 unspecified atom stereocenters. The number of anilines is 1. The van der Waals surface area contributed by atoms with E-state index < -0.39 is 0 Å². The molecule has 2 amide bonds. The largest absolute Gasteiger partial charge is 0.347 e. The van der Waals surface area contributed by atoms with Gasteiger partial charge in [-0.05, 0) is 50.0 Å². The lowest BCUT2D eigenvalue weighted by atomic mass is 10.1. The lowest BCUT2D eigenvalue weighted by molar-refractivity contribution is -0.117. The Labute approximate surface area is 157 Å². The molecule has 8 heteroatoms. The quantitative estimate of drug-likeness (QED) is 0.829. The van der Waals surface area contributed by atoms with E-state index in [0.717, 1.165) is 50.1 Å². The van der Waals surface area contributed by atoms with Crippen molar-refractivity contribution in [1.29, 1.82) is 0 Å². The van der Waals surface area contributed by atoms with Gasteiger partial charge in [0.1, 0.15) is 0 Å². The number of hydrogen-bond donors (Lipinski definition) is 2. The molecule has 2 saturated heterocycles. The molecule has 0 atom stereocenters. The van der Waals surface area contributed by atoms with Gasteiger partial charge < -0.3 is 15.5 Å². The summed E-state index contributed by atoms with van der Waals surface area (Å²) in [7, 11) is 0. The van der Waals surface area contributed by atoms with Crippen LogP contribution in [-0.4, -0.2) is 46.4 Å². The van der Waals surface area contributed by atoms with Gasteiger partial charge in [-0.1, -0.05) is 17.3 Å². The molecule has 0 saturated carbocycles. The highest BCUT2D eigenvalue weighted by Crippen LogP contribution is 2.22. The predicted octanol–water partition coefficient (Wildman–Crippen LogP) is 1.26. The SMILES string of the molecule is O=C(NCc1cccc(N2CCCC2=O)c1)c1cn(C2CCNCC2)nn1. The van der Waals surface area contributed by atoms with Crippen molar-refractivity contribution in [2.24, 2.45) is 0 Å². The fourth-order valence-electron chi connectivity index (χ4n) is 3.66. The first kappa shape index (κ1) is 17.7. The van der Waals surface area contributed by atoms with Crippen molar-refractivity contribution in [3.63, 3.8) is 0 Å². The number of piperidine rings is 1. The Morgan fingerprint density at radius 2 is 2.15 bits per heavy atom. The van der Waals surface area contributed by atoms with Crippen LogP contribution in [0.3, 0.4) is 0 Å². The molecule has 8 nitrogen and oxygen atoms in total. The predicted molar refractivity (Wildman–Crippen MR) is 100 cm³/mol. The summed E-state index contributed by atoms with van der Waals surface area (Å²) in [5.74, 6) is -0.0800. The fraction of sp³-hybridized carbons (Fsp3) is 0.474. The summed E-state index contributed by atoms with van der Waals surface area (Å²) in [6.07, 6.45) is 5.21. The monoisotopic (exact) mass is 368 g/mol. The van der Waals surface area contributed by atoms with E-state index in [1.807, 2.05) is 24.3 Å². The van der Waals surface area contributed by atoms with Crippen LogP contribution in [0.25, 0.3) is 0 Å². The second kappa shape index (κ2) is 7.87. The number of hydrogen-bond acceptors (Lipinski definition) is 5. The number of amides is 2. The minimum absolute atomic E-state index is 0.158. The number of nitrogens with zero attached hydrogens (tertiary/aromatic N) is 4. The van der Waals surface area contributed by atoms with Gasteiger partial charge in [0.15, 0.2) is 5.69 Å². The maximum absolute atomic E-state index is 12.4. The zero-order valence-electron chi connectivity index (χ0n) is 15.2. The van der Waals surface area contributed by atoms with Crippen LogP contribution in [0.1, 0.15) is 47.8 Å². The topological polar surface area (TPSA) is 92.2 Å². The molecular formula is C19H24N6O2. The van der Waals surface area contributed by atoms with Gasteiger partial charge in [-0.2, -0.15) is 0 Å². The molecule has 2 aliphatic heterocycles. The van der Waals surface area contributed by atoms with Crippen LogP contribution >= 0.6 is 0 Å². The molecule has 1 aromatic heterocycles. The number of carbonyl (C=O) groups excluding carboxylic acids is 2. The van der Waals surface area contributed by atoms with Crippen molar-refractivity contribution in [3.8, 4) is 0 Å². The highest BCUT2D eigenvalue weighted by Gasteiger charge is 2.22. The average molecular weight is 368 g/mol. The summed E-state index contributed by atoms with van der Waals surface area (Å²) in [5, 5.41) is 14.4. The molecule has 0 aliphatic carbocycles. The van der Waals surface area contributed by atoms with E-state index in [-0.39, 0.29) is 11.8 Å². The maximum Gasteiger partial charge on any atom is 0.273 e. The summed E-state index contributed by atoms with van der Waals surface area (Å²) >= 11 is 0. The summed E-state index contributed by atoms with van der Waals surface area (Å²) in [5.41, 5.74) is 2.17. The lowest BCUT2D eigenvalue weighted by Gasteiger charge is -2.22. The lowest BCUT2D eigenvalue weighted by Crippen LogP contribution is -2.29. The van der Waals surface area contributed by atoms with Gasteiger partial charge >= 0.3 is 0 Å². The van der Waals surface area contributed by atoms with Crippen LogP contribution in [0.4, 0.5) is 5.69 Å². The number of rotatable bonds is 5.